The van der Waals surface area contributed by atoms with Crippen molar-refractivity contribution in [2.75, 3.05) is 48.3 Å². The van der Waals surface area contributed by atoms with E-state index in [0.29, 0.717) is 42.3 Å². The van der Waals surface area contributed by atoms with E-state index in [-0.39, 0.29) is 23.3 Å². The quantitative estimate of drug-likeness (QED) is 0.404. The Hall–Kier alpha value is -4.00. The van der Waals surface area contributed by atoms with Crippen LogP contribution in [0.2, 0.25) is 0 Å². The molecule has 1 aromatic carbocycles. The molecule has 0 bridgehead atoms. The van der Waals surface area contributed by atoms with Crippen molar-refractivity contribution in [3.63, 3.8) is 0 Å². The van der Waals surface area contributed by atoms with Crippen molar-refractivity contribution in [2.45, 2.75) is 51.9 Å². The fraction of sp³-hybridized carbons (Fsp3) is 0.484. The number of piperidine rings is 1. The Morgan fingerprint density at radius 2 is 1.57 bits per heavy atom. The van der Waals surface area contributed by atoms with E-state index in [9.17, 15) is 22.8 Å². The number of likely N-dealkylation sites (N-methyl/N-ethyl adjacent to an activating group) is 1. The number of nitrogens with one attached hydrogen (secondary N) is 1. The van der Waals surface area contributed by atoms with Crippen molar-refractivity contribution in [2.24, 2.45) is 13.0 Å². The summed E-state index contributed by atoms with van der Waals surface area (Å²) < 4.78 is 58.3. The number of anilines is 3. The Kier molecular flexibility index (Phi) is 8.70. The third-order valence-electron chi connectivity index (χ3n) is 8.83. The number of benzene rings is 1. The summed E-state index contributed by atoms with van der Waals surface area (Å²) in [4.78, 5) is 40.6. The Bertz CT molecular complexity index is 1570. The highest BCUT2D eigenvalue weighted by atomic mass is 19.4. The first-order valence-corrected chi connectivity index (χ1v) is 14.7. The lowest BCUT2D eigenvalue weighted by atomic mass is 10.00. The maximum absolute atomic E-state index is 15.8. The zero-order chi connectivity index (χ0) is 31.9. The van der Waals surface area contributed by atoms with Gasteiger partial charge in [-0.05, 0) is 51.8 Å². The second-order valence-corrected chi connectivity index (χ2v) is 12.1. The molecule has 5 rings (SSSR count). The lowest BCUT2D eigenvalue weighted by Crippen LogP contribution is -2.55. The van der Waals surface area contributed by atoms with Crippen molar-refractivity contribution in [1.82, 2.24) is 19.4 Å². The van der Waals surface area contributed by atoms with Gasteiger partial charge < -0.3 is 19.7 Å². The molecule has 1 N–H and O–H groups in total. The van der Waals surface area contributed by atoms with Crippen LogP contribution in [-0.4, -0.2) is 70.7 Å². The second-order valence-electron chi connectivity index (χ2n) is 12.1. The molecule has 44 heavy (non-hydrogen) atoms. The zero-order valence-electron chi connectivity index (χ0n) is 25.5. The maximum Gasteiger partial charge on any atom is 0.417 e. The molecule has 3 aromatic rings. The molecular weight excluding hydrogens is 578 g/mol. The van der Waals surface area contributed by atoms with E-state index in [1.54, 1.807) is 0 Å². The van der Waals surface area contributed by atoms with Gasteiger partial charge in [-0.15, -0.1) is 0 Å². The Morgan fingerprint density at radius 3 is 2.16 bits per heavy atom. The summed E-state index contributed by atoms with van der Waals surface area (Å²) in [6.45, 7) is 8.90. The summed E-state index contributed by atoms with van der Waals surface area (Å²) in [6, 6.07) is 3.28. The first kappa shape index (κ1) is 31.4. The third-order valence-corrected chi connectivity index (χ3v) is 8.83. The molecule has 0 spiro atoms. The summed E-state index contributed by atoms with van der Waals surface area (Å²) in [5.74, 6) is -0.488. The second kappa shape index (κ2) is 12.2. The van der Waals surface area contributed by atoms with Gasteiger partial charge in [-0.2, -0.15) is 13.2 Å². The van der Waals surface area contributed by atoms with Gasteiger partial charge in [-0.25, -0.2) is 14.4 Å². The van der Waals surface area contributed by atoms with Crippen LogP contribution >= 0.6 is 0 Å². The smallest absolute Gasteiger partial charge is 0.367 e. The van der Waals surface area contributed by atoms with E-state index in [4.69, 9.17) is 0 Å². The number of pyridine rings is 1. The number of hydrogen-bond donors (Lipinski definition) is 1. The molecule has 1 amide bonds. The molecule has 9 nitrogen and oxygen atoms in total. The van der Waals surface area contributed by atoms with Gasteiger partial charge in [-0.3, -0.25) is 14.5 Å². The van der Waals surface area contributed by atoms with Crippen LogP contribution in [0.3, 0.4) is 0 Å². The van der Waals surface area contributed by atoms with E-state index in [1.807, 2.05) is 25.8 Å². The predicted molar refractivity (Wildman–Crippen MR) is 162 cm³/mol. The SMILES string of the molecule is CC1CCN(c2ncc(-c3cc(NC(=O)c4cn(C)c(=O)cc4C(F)(F)F)c(N4C[C@@H](C)N(C)[C@@H](C)C4)cc3F)cn2)CC1. The number of carbonyl (C=O) groups is 1. The number of nitrogens with zero attached hydrogens (tertiary/aromatic N) is 6. The van der Waals surface area contributed by atoms with E-state index >= 15 is 4.39 Å². The first-order valence-electron chi connectivity index (χ1n) is 14.7. The minimum atomic E-state index is -4.94. The van der Waals surface area contributed by atoms with Gasteiger partial charge in [0.05, 0.1) is 22.5 Å². The van der Waals surface area contributed by atoms with Crippen LogP contribution in [0.1, 0.15) is 49.5 Å². The van der Waals surface area contributed by atoms with Crippen molar-refractivity contribution in [3.05, 3.63) is 64.1 Å². The average molecular weight is 616 g/mol. The minimum absolute atomic E-state index is 0.0873. The standard InChI is InChI=1S/C31H37F4N7O2/c1-18-6-8-41(9-7-18)30-36-13-21(14-37-30)22-10-26(27(12-25(22)32)42-15-19(2)40(5)20(3)16-42)38-29(44)23-17-39(4)28(43)11-24(23)31(33,34)35/h10-14,17-20H,6-9,15-16H2,1-5H3,(H,38,44)/t19-,20+. The summed E-state index contributed by atoms with van der Waals surface area (Å²) >= 11 is 0. The normalized spacial score (nSPS) is 20.2. The molecule has 236 valence electrons. The highest BCUT2D eigenvalue weighted by Crippen LogP contribution is 2.37. The Balaban J connectivity index is 1.55. The zero-order valence-corrected chi connectivity index (χ0v) is 25.5. The molecule has 2 aliphatic heterocycles. The first-order chi connectivity index (χ1) is 20.7. The maximum atomic E-state index is 15.8. The summed E-state index contributed by atoms with van der Waals surface area (Å²) in [6.07, 6.45) is 1.000. The summed E-state index contributed by atoms with van der Waals surface area (Å²) in [5, 5.41) is 2.60. The number of rotatable bonds is 5. The number of aryl methyl sites for hydroxylation is 1. The minimum Gasteiger partial charge on any atom is -0.367 e. The van der Waals surface area contributed by atoms with Gasteiger partial charge in [0.15, 0.2) is 0 Å². The molecule has 0 unspecified atom stereocenters. The lowest BCUT2D eigenvalue weighted by molar-refractivity contribution is -0.138. The van der Waals surface area contributed by atoms with Crippen molar-refractivity contribution in [1.29, 1.82) is 0 Å². The Labute approximate surface area is 253 Å². The van der Waals surface area contributed by atoms with Crippen molar-refractivity contribution < 1.29 is 22.4 Å². The van der Waals surface area contributed by atoms with Gasteiger partial charge in [0.2, 0.25) is 5.95 Å². The fourth-order valence-corrected chi connectivity index (χ4v) is 5.81. The van der Waals surface area contributed by atoms with Crippen LogP contribution < -0.4 is 20.7 Å². The number of piperazine rings is 1. The molecule has 2 aliphatic rings. The molecule has 2 saturated heterocycles. The highest BCUT2D eigenvalue weighted by Gasteiger charge is 2.37. The Morgan fingerprint density at radius 1 is 0.955 bits per heavy atom. The van der Waals surface area contributed by atoms with Crippen LogP contribution in [0, 0.1) is 11.7 Å². The molecule has 0 radical (unpaired) electrons. The number of aromatic nitrogens is 3. The van der Waals surface area contributed by atoms with Crippen LogP contribution in [0.25, 0.3) is 11.1 Å². The van der Waals surface area contributed by atoms with Gasteiger partial charge >= 0.3 is 6.18 Å². The largest absolute Gasteiger partial charge is 0.417 e. The molecule has 2 atom stereocenters. The molecule has 2 fully saturated rings. The van der Waals surface area contributed by atoms with E-state index in [0.717, 1.165) is 36.7 Å². The van der Waals surface area contributed by atoms with Crippen LogP contribution in [0.15, 0.2) is 41.6 Å². The van der Waals surface area contributed by atoms with Crippen LogP contribution in [0.4, 0.5) is 34.9 Å². The topological polar surface area (TPSA) is 86.6 Å². The molecule has 0 aliphatic carbocycles. The van der Waals surface area contributed by atoms with E-state index in [2.05, 4.69) is 32.0 Å². The van der Waals surface area contributed by atoms with E-state index in [1.165, 1.54) is 31.6 Å². The van der Waals surface area contributed by atoms with E-state index < -0.39 is 34.6 Å². The molecule has 0 saturated carbocycles. The number of hydrogen-bond acceptors (Lipinski definition) is 7. The van der Waals surface area contributed by atoms with Crippen LogP contribution in [-0.2, 0) is 13.2 Å². The number of carbonyl (C=O) groups excluding carboxylic acids is 1. The molecular formula is C31H37F4N7O2. The lowest BCUT2D eigenvalue weighted by Gasteiger charge is -2.44. The van der Waals surface area contributed by atoms with Crippen molar-refractivity contribution >= 4 is 23.2 Å². The van der Waals surface area contributed by atoms with Gasteiger partial charge in [0.1, 0.15) is 5.82 Å². The molecule has 13 heteroatoms. The third kappa shape index (κ3) is 6.42. The number of amides is 1. The number of halogens is 4. The van der Waals surface area contributed by atoms with Crippen LogP contribution in [0.5, 0.6) is 0 Å². The summed E-state index contributed by atoms with van der Waals surface area (Å²) in [7, 11) is 3.26. The predicted octanol–water partition coefficient (Wildman–Crippen LogP) is 5.02. The number of alkyl halides is 3. The average Bonchev–Trinajstić information content (AvgIpc) is 2.97. The van der Waals surface area contributed by atoms with Crippen molar-refractivity contribution in [3.8, 4) is 11.1 Å². The van der Waals surface area contributed by atoms with Gasteiger partial charge in [0, 0.05) is 81.1 Å². The molecule has 4 heterocycles. The fourth-order valence-electron chi connectivity index (χ4n) is 5.81. The molecule has 2 aromatic heterocycles. The highest BCUT2D eigenvalue weighted by molar-refractivity contribution is 6.07. The van der Waals surface area contributed by atoms with Gasteiger partial charge in [-0.1, -0.05) is 6.92 Å². The summed E-state index contributed by atoms with van der Waals surface area (Å²) in [5.41, 5.74) is -2.05. The van der Waals surface area contributed by atoms with Gasteiger partial charge in [0.25, 0.3) is 11.5 Å². The monoisotopic (exact) mass is 615 g/mol.